The predicted molar refractivity (Wildman–Crippen MR) is 46.9 cm³/mol. The van der Waals surface area contributed by atoms with E-state index in [1.807, 2.05) is 0 Å². The van der Waals surface area contributed by atoms with E-state index in [1.54, 1.807) is 0 Å². The number of hydrogen-bond acceptors (Lipinski definition) is 5. The van der Waals surface area contributed by atoms with E-state index in [-0.39, 0.29) is 23.6 Å². The average molecular weight is 244 g/mol. The second-order valence-electron chi connectivity index (χ2n) is 2.90. The van der Waals surface area contributed by atoms with Gasteiger partial charge in [-0.3, -0.25) is 0 Å². The molecule has 1 fully saturated rings. The molecule has 5 atom stereocenters. The highest BCUT2D eigenvalue weighted by atomic mass is 79.9. The molecule has 1 rings (SSSR count). The Morgan fingerprint density at radius 1 is 1.00 bits per heavy atom. The Kier molecular flexibility index (Phi) is 4.60. The standard InChI is InChI=1S/C6H13NO4.BrH/c7-3-2(1-8)4(9)6(11)5(3)10;/h2-6,8-11H,1,7H2;1H/t2-,3+,4+,5-,6-;/m0./s1. The van der Waals surface area contributed by atoms with Crippen molar-refractivity contribution in [3.63, 3.8) is 0 Å². The second-order valence-corrected chi connectivity index (χ2v) is 2.90. The maximum atomic E-state index is 9.15. The highest BCUT2D eigenvalue weighted by molar-refractivity contribution is 8.93. The molecule has 0 spiro atoms. The molecule has 5 nitrogen and oxygen atoms in total. The molecule has 0 saturated heterocycles. The lowest BCUT2D eigenvalue weighted by molar-refractivity contribution is -0.0307. The van der Waals surface area contributed by atoms with Crippen LogP contribution < -0.4 is 5.73 Å². The van der Waals surface area contributed by atoms with Crippen LogP contribution in [0.2, 0.25) is 0 Å². The van der Waals surface area contributed by atoms with Crippen LogP contribution >= 0.6 is 17.0 Å². The van der Waals surface area contributed by atoms with Crippen molar-refractivity contribution in [2.24, 2.45) is 11.7 Å². The summed E-state index contributed by atoms with van der Waals surface area (Å²) in [5, 5.41) is 36.0. The first kappa shape index (κ1) is 12.3. The van der Waals surface area contributed by atoms with Crippen molar-refractivity contribution >= 4 is 17.0 Å². The van der Waals surface area contributed by atoms with Crippen molar-refractivity contribution in [2.45, 2.75) is 24.4 Å². The summed E-state index contributed by atoms with van der Waals surface area (Å²) < 4.78 is 0. The summed E-state index contributed by atoms with van der Waals surface area (Å²) in [5.41, 5.74) is 5.38. The van der Waals surface area contributed by atoms with Crippen molar-refractivity contribution in [1.29, 1.82) is 0 Å². The molecule has 0 bridgehead atoms. The fourth-order valence-corrected chi connectivity index (χ4v) is 1.39. The minimum absolute atomic E-state index is 0. The summed E-state index contributed by atoms with van der Waals surface area (Å²) in [5.74, 6) is -0.625. The average Bonchev–Trinajstić information content (AvgIpc) is 2.17. The minimum Gasteiger partial charge on any atom is -0.396 e. The van der Waals surface area contributed by atoms with E-state index >= 15 is 0 Å². The lowest BCUT2D eigenvalue weighted by Crippen LogP contribution is -2.39. The van der Waals surface area contributed by atoms with E-state index in [0.29, 0.717) is 0 Å². The third-order valence-corrected chi connectivity index (χ3v) is 2.24. The molecule has 0 heterocycles. The van der Waals surface area contributed by atoms with Crippen LogP contribution in [0.15, 0.2) is 0 Å². The number of aliphatic hydroxyl groups excluding tert-OH is 4. The number of hydrogen-bond donors (Lipinski definition) is 5. The molecule has 74 valence electrons. The Balaban J connectivity index is 0.00000121. The number of halogens is 1. The molecule has 0 amide bonds. The molecule has 0 radical (unpaired) electrons. The topological polar surface area (TPSA) is 107 Å². The monoisotopic (exact) mass is 243 g/mol. The van der Waals surface area contributed by atoms with Gasteiger partial charge < -0.3 is 26.2 Å². The van der Waals surface area contributed by atoms with E-state index in [1.165, 1.54) is 0 Å². The van der Waals surface area contributed by atoms with Gasteiger partial charge in [0.2, 0.25) is 0 Å². The van der Waals surface area contributed by atoms with E-state index in [2.05, 4.69) is 0 Å². The lowest BCUT2D eigenvalue weighted by Gasteiger charge is -2.15. The Hall–Kier alpha value is 0.280. The van der Waals surface area contributed by atoms with Crippen molar-refractivity contribution in [2.75, 3.05) is 6.61 Å². The number of aliphatic hydroxyl groups is 4. The van der Waals surface area contributed by atoms with Gasteiger partial charge in [-0.25, -0.2) is 0 Å². The van der Waals surface area contributed by atoms with Crippen LogP contribution in [0.3, 0.4) is 0 Å². The van der Waals surface area contributed by atoms with Gasteiger partial charge in [0.05, 0.1) is 18.8 Å². The first-order valence-corrected chi connectivity index (χ1v) is 3.50. The zero-order chi connectivity index (χ0) is 8.59. The highest BCUT2D eigenvalue weighted by Gasteiger charge is 2.46. The first-order chi connectivity index (χ1) is 5.09. The van der Waals surface area contributed by atoms with Crippen LogP contribution in [-0.2, 0) is 0 Å². The van der Waals surface area contributed by atoms with Crippen molar-refractivity contribution in [1.82, 2.24) is 0 Å². The number of nitrogens with two attached hydrogens (primary N) is 1. The second kappa shape index (κ2) is 4.50. The predicted octanol–water partition coefficient (Wildman–Crippen LogP) is -2.40. The SMILES string of the molecule is Br.N[C@H]1[C@H](O)[C@@H](O)[C@H](O)[C@H]1CO. The Bertz CT molecular complexity index is 134. The first-order valence-electron chi connectivity index (χ1n) is 3.50. The highest BCUT2D eigenvalue weighted by Crippen LogP contribution is 2.25. The third-order valence-electron chi connectivity index (χ3n) is 2.24. The molecule has 0 aromatic rings. The van der Waals surface area contributed by atoms with Gasteiger partial charge in [-0.05, 0) is 0 Å². The van der Waals surface area contributed by atoms with Crippen LogP contribution in [-0.4, -0.2) is 51.4 Å². The maximum absolute atomic E-state index is 9.15. The fourth-order valence-electron chi connectivity index (χ4n) is 1.39. The summed E-state index contributed by atoms with van der Waals surface area (Å²) in [6, 6.07) is -0.745. The molecular weight excluding hydrogens is 230 g/mol. The van der Waals surface area contributed by atoms with Crippen LogP contribution in [0, 0.1) is 5.92 Å². The zero-order valence-electron chi connectivity index (χ0n) is 6.37. The summed E-state index contributed by atoms with van der Waals surface area (Å²) in [6.07, 6.45) is -3.49. The lowest BCUT2D eigenvalue weighted by atomic mass is 10.0. The molecule has 12 heavy (non-hydrogen) atoms. The fraction of sp³-hybridized carbons (Fsp3) is 1.00. The summed E-state index contributed by atoms with van der Waals surface area (Å²) in [7, 11) is 0. The normalized spacial score (nSPS) is 47.2. The summed E-state index contributed by atoms with van der Waals surface area (Å²) in [4.78, 5) is 0. The largest absolute Gasteiger partial charge is 0.396 e. The Morgan fingerprint density at radius 3 is 1.67 bits per heavy atom. The zero-order valence-corrected chi connectivity index (χ0v) is 8.08. The molecule has 1 saturated carbocycles. The molecule has 1 aliphatic rings. The van der Waals surface area contributed by atoms with Crippen LogP contribution in [0.4, 0.5) is 0 Å². The van der Waals surface area contributed by atoms with Crippen molar-refractivity contribution < 1.29 is 20.4 Å². The molecule has 0 aliphatic heterocycles. The molecule has 6 N–H and O–H groups in total. The van der Waals surface area contributed by atoms with Gasteiger partial charge in [-0.1, -0.05) is 0 Å². The van der Waals surface area contributed by atoms with E-state index in [4.69, 9.17) is 26.2 Å². The van der Waals surface area contributed by atoms with Crippen LogP contribution in [0.25, 0.3) is 0 Å². The maximum Gasteiger partial charge on any atom is 0.108 e. The third kappa shape index (κ3) is 1.78. The summed E-state index contributed by atoms with van der Waals surface area (Å²) >= 11 is 0. The van der Waals surface area contributed by atoms with Gasteiger partial charge in [0.15, 0.2) is 0 Å². The molecule has 6 heteroatoms. The van der Waals surface area contributed by atoms with E-state index in [0.717, 1.165) is 0 Å². The number of rotatable bonds is 1. The van der Waals surface area contributed by atoms with Crippen molar-refractivity contribution in [3.8, 4) is 0 Å². The van der Waals surface area contributed by atoms with Crippen LogP contribution in [0.5, 0.6) is 0 Å². The van der Waals surface area contributed by atoms with Gasteiger partial charge in [0.25, 0.3) is 0 Å². The molecule has 0 aromatic heterocycles. The van der Waals surface area contributed by atoms with Gasteiger partial charge >= 0.3 is 0 Å². The van der Waals surface area contributed by atoms with Gasteiger partial charge in [-0.2, -0.15) is 0 Å². The van der Waals surface area contributed by atoms with Gasteiger partial charge in [0, 0.05) is 12.0 Å². The van der Waals surface area contributed by atoms with Crippen molar-refractivity contribution in [3.05, 3.63) is 0 Å². The minimum atomic E-state index is -1.23. The molecular formula is C6H14BrNO4. The van der Waals surface area contributed by atoms with Gasteiger partial charge in [0.1, 0.15) is 6.10 Å². The molecule has 0 aromatic carbocycles. The summed E-state index contributed by atoms with van der Waals surface area (Å²) in [6.45, 7) is -0.323. The van der Waals surface area contributed by atoms with E-state index < -0.39 is 30.3 Å². The van der Waals surface area contributed by atoms with Gasteiger partial charge in [-0.15, -0.1) is 17.0 Å². The Labute approximate surface area is 80.6 Å². The quantitative estimate of drug-likeness (QED) is 0.353. The van der Waals surface area contributed by atoms with E-state index in [9.17, 15) is 0 Å². The molecule has 1 aliphatic carbocycles. The smallest absolute Gasteiger partial charge is 0.108 e. The Morgan fingerprint density at radius 2 is 1.50 bits per heavy atom. The molecule has 0 unspecified atom stereocenters. The van der Waals surface area contributed by atoms with Crippen LogP contribution in [0.1, 0.15) is 0 Å².